The molecule has 1 atom stereocenters. The van der Waals surface area contributed by atoms with Crippen molar-refractivity contribution in [1.29, 1.82) is 0 Å². The molecule has 0 N–H and O–H groups in total. The summed E-state index contributed by atoms with van der Waals surface area (Å²) in [5, 5.41) is 0. The third-order valence-electron chi connectivity index (χ3n) is 6.75. The number of aryl methyl sites for hydroxylation is 1. The van der Waals surface area contributed by atoms with Crippen LogP contribution in [0.3, 0.4) is 0 Å². The average molecular weight is 557 g/mol. The number of halogens is 1. The molecule has 0 unspecified atom stereocenters. The van der Waals surface area contributed by atoms with E-state index in [1.54, 1.807) is 32.2 Å². The summed E-state index contributed by atoms with van der Waals surface area (Å²) < 4.78 is 58.4. The van der Waals surface area contributed by atoms with Crippen LogP contribution in [0.5, 0.6) is 5.75 Å². The molecule has 0 bridgehead atoms. The lowest BCUT2D eigenvalue weighted by Crippen LogP contribution is -2.49. The summed E-state index contributed by atoms with van der Waals surface area (Å²) in [6, 6.07) is 18.8. The predicted octanol–water partition coefficient (Wildman–Crippen LogP) is 4.19. The fourth-order valence-electron chi connectivity index (χ4n) is 4.48. The van der Waals surface area contributed by atoms with Gasteiger partial charge >= 0.3 is 5.97 Å². The normalized spacial score (nSPS) is 15.6. The van der Waals surface area contributed by atoms with Crippen LogP contribution >= 0.6 is 0 Å². The number of methoxy groups -OCH3 is 2. The minimum Gasteiger partial charge on any atom is -0.497 e. The number of sulfonamides is 1. The first-order chi connectivity index (χ1) is 18.7. The lowest BCUT2D eigenvalue weighted by Gasteiger charge is -2.36. The van der Waals surface area contributed by atoms with E-state index >= 15 is 0 Å². The lowest BCUT2D eigenvalue weighted by atomic mass is 10.1. The molecule has 1 fully saturated rings. The van der Waals surface area contributed by atoms with Crippen LogP contribution in [0.15, 0.2) is 71.6 Å². The first-order valence-electron chi connectivity index (χ1n) is 12.6. The van der Waals surface area contributed by atoms with Crippen molar-refractivity contribution in [1.82, 2.24) is 9.21 Å². The standard InChI is InChI=1S/C29H33FN2O6S/c1-21-7-12-26(30)28(17-21)39(34,35)32-15-13-31(14-16-32)19-27(24-5-4-6-25(18-24)36-2)38-20-22-8-10-23(11-9-22)29(33)37-3/h4-12,17-18,27H,13-16,19-20H2,1-3H3/t27-/m1/s1. The van der Waals surface area contributed by atoms with Crippen LogP contribution in [-0.4, -0.2) is 70.5 Å². The van der Waals surface area contributed by atoms with Crippen molar-refractivity contribution >= 4 is 16.0 Å². The Hall–Kier alpha value is -3.31. The van der Waals surface area contributed by atoms with Gasteiger partial charge in [0.1, 0.15) is 16.5 Å². The van der Waals surface area contributed by atoms with E-state index in [9.17, 15) is 17.6 Å². The maximum atomic E-state index is 14.4. The Labute approximate surface area is 229 Å². The van der Waals surface area contributed by atoms with E-state index in [1.165, 1.54) is 23.5 Å². The molecule has 0 spiro atoms. The zero-order valence-electron chi connectivity index (χ0n) is 22.3. The van der Waals surface area contributed by atoms with Crippen molar-refractivity contribution < 1.29 is 31.8 Å². The van der Waals surface area contributed by atoms with E-state index in [-0.39, 0.29) is 24.1 Å². The third kappa shape index (κ3) is 7.02. The molecule has 0 radical (unpaired) electrons. The summed E-state index contributed by atoms with van der Waals surface area (Å²) in [4.78, 5) is 13.6. The van der Waals surface area contributed by atoms with Gasteiger partial charge in [0.25, 0.3) is 0 Å². The number of rotatable bonds is 10. The first kappa shape index (κ1) is 28.7. The Morgan fingerprint density at radius 2 is 1.69 bits per heavy atom. The summed E-state index contributed by atoms with van der Waals surface area (Å²) in [5.74, 6) is -0.434. The van der Waals surface area contributed by atoms with Gasteiger partial charge in [-0.1, -0.05) is 30.3 Å². The number of carbonyl (C=O) groups is 1. The molecule has 0 amide bonds. The molecule has 0 aromatic heterocycles. The van der Waals surface area contributed by atoms with Gasteiger partial charge in [0, 0.05) is 32.7 Å². The molecule has 0 aliphatic carbocycles. The third-order valence-corrected chi connectivity index (χ3v) is 8.67. The number of nitrogens with zero attached hydrogens (tertiary/aromatic N) is 2. The molecule has 1 aliphatic heterocycles. The number of ether oxygens (including phenoxy) is 3. The van der Waals surface area contributed by atoms with Crippen molar-refractivity contribution in [2.45, 2.75) is 24.5 Å². The van der Waals surface area contributed by atoms with E-state index in [1.807, 2.05) is 36.4 Å². The van der Waals surface area contributed by atoms with Crippen LogP contribution in [0.1, 0.15) is 33.2 Å². The number of piperazine rings is 1. The van der Waals surface area contributed by atoms with Gasteiger partial charge in [-0.3, -0.25) is 4.90 Å². The molecule has 10 heteroatoms. The quantitative estimate of drug-likeness (QED) is 0.346. The van der Waals surface area contributed by atoms with Crippen molar-refractivity contribution in [3.63, 3.8) is 0 Å². The highest BCUT2D eigenvalue weighted by molar-refractivity contribution is 7.89. The molecular formula is C29H33FN2O6S. The van der Waals surface area contributed by atoms with Crippen molar-refractivity contribution in [2.24, 2.45) is 0 Å². The fourth-order valence-corrected chi connectivity index (χ4v) is 6.05. The Morgan fingerprint density at radius 3 is 2.36 bits per heavy atom. The molecular weight excluding hydrogens is 523 g/mol. The molecule has 4 rings (SSSR count). The monoisotopic (exact) mass is 556 g/mol. The topological polar surface area (TPSA) is 85.4 Å². The van der Waals surface area contributed by atoms with E-state index in [2.05, 4.69) is 4.90 Å². The Morgan fingerprint density at radius 1 is 0.974 bits per heavy atom. The minimum absolute atomic E-state index is 0.246. The van der Waals surface area contributed by atoms with E-state index in [4.69, 9.17) is 14.2 Å². The number of hydrogen-bond donors (Lipinski definition) is 0. The molecule has 39 heavy (non-hydrogen) atoms. The molecule has 3 aromatic carbocycles. The fraction of sp³-hybridized carbons (Fsp3) is 0.345. The molecule has 0 saturated carbocycles. The Balaban J connectivity index is 1.44. The van der Waals surface area contributed by atoms with Crippen LogP contribution in [0.25, 0.3) is 0 Å². The summed E-state index contributed by atoms with van der Waals surface area (Å²) in [5.41, 5.74) is 2.97. The van der Waals surface area contributed by atoms with Crippen molar-refractivity contribution in [2.75, 3.05) is 46.9 Å². The molecule has 1 saturated heterocycles. The Kier molecular flexibility index (Phi) is 9.34. The van der Waals surface area contributed by atoms with E-state index < -0.39 is 21.8 Å². The van der Waals surface area contributed by atoms with Crippen molar-refractivity contribution in [3.05, 3.63) is 94.8 Å². The summed E-state index contributed by atoms with van der Waals surface area (Å²) >= 11 is 0. The zero-order chi connectivity index (χ0) is 28.0. The SMILES string of the molecule is COC(=O)c1ccc(CO[C@H](CN2CCN(S(=O)(=O)c3cc(C)ccc3F)CC2)c2cccc(OC)c2)cc1. The highest BCUT2D eigenvalue weighted by atomic mass is 32.2. The van der Waals surface area contributed by atoms with Gasteiger partial charge in [-0.15, -0.1) is 0 Å². The number of hydrogen-bond acceptors (Lipinski definition) is 7. The highest BCUT2D eigenvalue weighted by Gasteiger charge is 2.31. The second-order valence-electron chi connectivity index (χ2n) is 9.40. The van der Waals surface area contributed by atoms with Gasteiger partial charge < -0.3 is 14.2 Å². The highest BCUT2D eigenvalue weighted by Crippen LogP contribution is 2.27. The summed E-state index contributed by atoms with van der Waals surface area (Å²) in [6.07, 6.45) is -0.322. The number of carbonyl (C=O) groups excluding carboxylic acids is 1. The summed E-state index contributed by atoms with van der Waals surface area (Å²) in [7, 11) is -0.988. The number of esters is 1. The molecule has 1 heterocycles. The van der Waals surface area contributed by atoms with Crippen LogP contribution in [0.4, 0.5) is 4.39 Å². The maximum Gasteiger partial charge on any atom is 0.337 e. The lowest BCUT2D eigenvalue weighted by molar-refractivity contribution is 0.00760. The first-order valence-corrected chi connectivity index (χ1v) is 14.1. The van der Waals surface area contributed by atoms with Gasteiger partial charge in [-0.2, -0.15) is 4.31 Å². The van der Waals surface area contributed by atoms with Gasteiger partial charge in [0.2, 0.25) is 10.0 Å². The average Bonchev–Trinajstić information content (AvgIpc) is 2.96. The van der Waals surface area contributed by atoms with Crippen LogP contribution in [0, 0.1) is 12.7 Å². The Bertz CT molecular complexity index is 1390. The van der Waals surface area contributed by atoms with Gasteiger partial charge in [-0.25, -0.2) is 17.6 Å². The summed E-state index contributed by atoms with van der Waals surface area (Å²) in [6.45, 7) is 4.02. The van der Waals surface area contributed by atoms with Gasteiger partial charge in [-0.05, 0) is 60.0 Å². The molecule has 1 aliphatic rings. The van der Waals surface area contributed by atoms with Crippen molar-refractivity contribution in [3.8, 4) is 5.75 Å². The number of benzene rings is 3. The van der Waals surface area contributed by atoms with E-state index in [0.717, 1.165) is 11.1 Å². The second kappa shape index (κ2) is 12.7. The largest absolute Gasteiger partial charge is 0.497 e. The van der Waals surface area contributed by atoms with E-state index in [0.29, 0.717) is 43.1 Å². The minimum atomic E-state index is -3.94. The van der Waals surface area contributed by atoms with Crippen LogP contribution in [0.2, 0.25) is 0 Å². The van der Waals surface area contributed by atoms with Gasteiger partial charge in [0.15, 0.2) is 0 Å². The smallest absolute Gasteiger partial charge is 0.337 e. The van der Waals surface area contributed by atoms with Crippen LogP contribution in [-0.2, 0) is 26.1 Å². The second-order valence-corrected chi connectivity index (χ2v) is 11.3. The maximum absolute atomic E-state index is 14.4. The molecule has 208 valence electrons. The van der Waals surface area contributed by atoms with Crippen LogP contribution < -0.4 is 4.74 Å². The molecule has 3 aromatic rings. The molecule has 8 nitrogen and oxygen atoms in total. The van der Waals surface area contributed by atoms with Gasteiger partial charge in [0.05, 0.1) is 32.5 Å². The predicted molar refractivity (Wildman–Crippen MR) is 145 cm³/mol. The zero-order valence-corrected chi connectivity index (χ0v) is 23.1.